The molecule has 2 aromatic heterocycles. The van der Waals surface area contributed by atoms with E-state index in [1.54, 1.807) is 42.1 Å². The topological polar surface area (TPSA) is 103 Å². The molecule has 0 spiro atoms. The Kier molecular flexibility index (Phi) is 5.80. The van der Waals surface area contributed by atoms with Crippen LogP contribution in [-0.4, -0.2) is 47.7 Å². The van der Waals surface area contributed by atoms with E-state index in [1.807, 2.05) is 38.1 Å². The lowest BCUT2D eigenvalue weighted by atomic mass is 10.0. The highest BCUT2D eigenvalue weighted by Crippen LogP contribution is 2.32. The van der Waals surface area contributed by atoms with E-state index in [-0.39, 0.29) is 23.5 Å². The molecule has 0 saturated carbocycles. The van der Waals surface area contributed by atoms with Crippen LogP contribution in [0, 0.1) is 13.8 Å². The van der Waals surface area contributed by atoms with Gasteiger partial charge in [0.05, 0.1) is 47.0 Å². The minimum Gasteiger partial charge on any atom is -0.497 e. The van der Waals surface area contributed by atoms with E-state index in [0.29, 0.717) is 45.8 Å². The Labute approximate surface area is 203 Å². The van der Waals surface area contributed by atoms with Crippen LogP contribution in [0.15, 0.2) is 54.6 Å². The first-order valence-corrected chi connectivity index (χ1v) is 13.2. The molecule has 1 aliphatic heterocycles. The van der Waals surface area contributed by atoms with Crippen LogP contribution >= 0.6 is 0 Å². The lowest BCUT2D eigenvalue weighted by Crippen LogP contribution is -2.15. The molecule has 35 heavy (non-hydrogen) atoms. The fraction of sp³-hybridized carbons (Fsp3) is 0.269. The van der Waals surface area contributed by atoms with Crippen LogP contribution in [0.2, 0.25) is 0 Å². The van der Waals surface area contributed by atoms with Crippen molar-refractivity contribution >= 4 is 32.5 Å². The Morgan fingerprint density at radius 2 is 1.89 bits per heavy atom. The minimum atomic E-state index is -3.12. The summed E-state index contributed by atoms with van der Waals surface area (Å²) in [5, 5.41) is 8.22. The molecule has 2 aromatic carbocycles. The van der Waals surface area contributed by atoms with Crippen LogP contribution in [0.5, 0.6) is 5.75 Å². The standard InChI is InChI=1S/C26H26N4O4S/c1-16-7-9-18(10-8-16)23-14-22(26(31)27-19-5-4-6-21(13-19)34-3)24-17(2)29-30(25(24)28-23)20-11-12-35(32,33)15-20/h4-10,13-14,20H,11-12,15H2,1-3H3,(H,27,31). The van der Waals surface area contributed by atoms with E-state index in [4.69, 9.17) is 9.72 Å². The zero-order valence-electron chi connectivity index (χ0n) is 19.8. The van der Waals surface area contributed by atoms with Gasteiger partial charge >= 0.3 is 0 Å². The Bertz CT molecular complexity index is 1540. The van der Waals surface area contributed by atoms with E-state index in [9.17, 15) is 13.2 Å². The molecule has 180 valence electrons. The zero-order valence-corrected chi connectivity index (χ0v) is 20.6. The van der Waals surface area contributed by atoms with Crippen LogP contribution in [0.1, 0.15) is 34.1 Å². The monoisotopic (exact) mass is 490 g/mol. The number of carbonyl (C=O) groups is 1. The van der Waals surface area contributed by atoms with Crippen LogP contribution in [0.4, 0.5) is 5.69 Å². The van der Waals surface area contributed by atoms with Crippen LogP contribution < -0.4 is 10.1 Å². The minimum absolute atomic E-state index is 0.0188. The predicted molar refractivity (Wildman–Crippen MR) is 136 cm³/mol. The van der Waals surface area contributed by atoms with Crippen LogP contribution in [-0.2, 0) is 9.84 Å². The number of pyridine rings is 1. The maximum atomic E-state index is 13.5. The highest BCUT2D eigenvalue weighted by atomic mass is 32.2. The first-order valence-electron chi connectivity index (χ1n) is 11.4. The number of carbonyl (C=O) groups excluding carboxylic acids is 1. The van der Waals surface area contributed by atoms with Gasteiger partial charge in [0.25, 0.3) is 5.91 Å². The van der Waals surface area contributed by atoms with E-state index in [1.165, 1.54) is 0 Å². The zero-order chi connectivity index (χ0) is 24.7. The summed E-state index contributed by atoms with van der Waals surface area (Å²) in [6.45, 7) is 3.82. The molecule has 9 heteroatoms. The number of nitrogens with one attached hydrogen (secondary N) is 1. The molecule has 1 unspecified atom stereocenters. The Morgan fingerprint density at radius 1 is 1.11 bits per heavy atom. The molecule has 3 heterocycles. The van der Waals surface area contributed by atoms with E-state index in [2.05, 4.69) is 10.4 Å². The van der Waals surface area contributed by atoms with Crippen LogP contribution in [0.3, 0.4) is 0 Å². The molecule has 1 fully saturated rings. The van der Waals surface area contributed by atoms with Crippen molar-refractivity contribution in [2.75, 3.05) is 23.9 Å². The maximum Gasteiger partial charge on any atom is 0.256 e. The number of sulfone groups is 1. The van der Waals surface area contributed by atoms with Crippen LogP contribution in [0.25, 0.3) is 22.3 Å². The number of benzene rings is 2. The largest absolute Gasteiger partial charge is 0.497 e. The number of rotatable bonds is 5. The summed E-state index contributed by atoms with van der Waals surface area (Å²) in [6.07, 6.45) is 0.473. The summed E-state index contributed by atoms with van der Waals surface area (Å²) in [5.74, 6) is 0.472. The SMILES string of the molecule is COc1cccc(NC(=O)c2cc(-c3ccc(C)cc3)nc3c2c(C)nn3C2CCS(=O)(=O)C2)c1. The summed E-state index contributed by atoms with van der Waals surface area (Å²) < 4.78 is 31.3. The van der Waals surface area contributed by atoms with E-state index < -0.39 is 9.84 Å². The number of hydrogen-bond acceptors (Lipinski definition) is 6. The van der Waals surface area contributed by atoms with Crippen molar-refractivity contribution in [2.24, 2.45) is 0 Å². The number of hydrogen-bond donors (Lipinski definition) is 1. The fourth-order valence-electron chi connectivity index (χ4n) is 4.49. The van der Waals surface area contributed by atoms with Gasteiger partial charge < -0.3 is 10.1 Å². The number of fused-ring (bicyclic) bond motifs is 1. The number of methoxy groups -OCH3 is 1. The van der Waals surface area contributed by atoms with Gasteiger partial charge in [0, 0.05) is 17.3 Å². The van der Waals surface area contributed by atoms with Crippen molar-refractivity contribution in [3.8, 4) is 17.0 Å². The molecular formula is C26H26N4O4S. The van der Waals surface area contributed by atoms with E-state index >= 15 is 0 Å². The smallest absolute Gasteiger partial charge is 0.256 e. The second-order valence-corrected chi connectivity index (χ2v) is 11.1. The van der Waals surface area contributed by atoms with Crippen molar-refractivity contribution in [3.05, 3.63) is 71.4 Å². The first-order chi connectivity index (χ1) is 16.7. The van der Waals surface area contributed by atoms with Gasteiger partial charge in [-0.2, -0.15) is 5.10 Å². The van der Waals surface area contributed by atoms with Gasteiger partial charge in [-0.1, -0.05) is 35.9 Å². The van der Waals surface area contributed by atoms with Gasteiger partial charge in [0.15, 0.2) is 15.5 Å². The molecule has 4 aromatic rings. The second-order valence-electron chi connectivity index (χ2n) is 8.89. The maximum absolute atomic E-state index is 13.5. The number of nitrogens with zero attached hydrogens (tertiary/aromatic N) is 3. The molecule has 8 nitrogen and oxygen atoms in total. The molecular weight excluding hydrogens is 464 g/mol. The number of aryl methyl sites for hydroxylation is 2. The van der Waals surface area contributed by atoms with Gasteiger partial charge in [-0.25, -0.2) is 18.1 Å². The molecule has 0 bridgehead atoms. The van der Waals surface area contributed by atoms with Crippen molar-refractivity contribution in [1.29, 1.82) is 0 Å². The quantitative estimate of drug-likeness (QED) is 0.447. The predicted octanol–water partition coefficient (Wildman–Crippen LogP) is 4.34. The van der Waals surface area contributed by atoms with Crippen molar-refractivity contribution in [1.82, 2.24) is 14.8 Å². The molecule has 0 radical (unpaired) electrons. The molecule has 1 atom stereocenters. The Morgan fingerprint density at radius 3 is 2.57 bits per heavy atom. The molecule has 1 N–H and O–H groups in total. The summed E-state index contributed by atoms with van der Waals surface area (Å²) >= 11 is 0. The van der Waals surface area contributed by atoms with Crippen molar-refractivity contribution in [2.45, 2.75) is 26.3 Å². The average Bonchev–Trinajstić information content (AvgIpc) is 3.37. The highest BCUT2D eigenvalue weighted by Gasteiger charge is 2.32. The van der Waals surface area contributed by atoms with Gasteiger partial charge in [0.1, 0.15) is 5.75 Å². The Balaban J connectivity index is 1.66. The molecule has 1 saturated heterocycles. The number of anilines is 1. The number of aromatic nitrogens is 3. The molecule has 1 aliphatic rings. The summed E-state index contributed by atoms with van der Waals surface area (Å²) in [5.41, 5.74) is 4.76. The molecule has 5 rings (SSSR count). The third-order valence-corrected chi connectivity index (χ3v) is 8.06. The van der Waals surface area contributed by atoms with Crippen molar-refractivity contribution < 1.29 is 17.9 Å². The summed E-state index contributed by atoms with van der Waals surface area (Å²) in [6, 6.07) is 16.5. The lowest BCUT2D eigenvalue weighted by molar-refractivity contribution is 0.102. The third-order valence-electron chi connectivity index (χ3n) is 6.31. The highest BCUT2D eigenvalue weighted by molar-refractivity contribution is 7.91. The average molecular weight is 491 g/mol. The molecule has 0 aliphatic carbocycles. The summed E-state index contributed by atoms with van der Waals surface area (Å²) in [7, 11) is -1.55. The normalized spacial score (nSPS) is 16.9. The van der Waals surface area contributed by atoms with Gasteiger partial charge in [-0.3, -0.25) is 4.79 Å². The second kappa shape index (κ2) is 8.81. The Hall–Kier alpha value is -3.72. The molecule has 1 amide bonds. The fourth-order valence-corrected chi connectivity index (χ4v) is 6.18. The van der Waals surface area contributed by atoms with Crippen molar-refractivity contribution in [3.63, 3.8) is 0 Å². The van der Waals surface area contributed by atoms with Gasteiger partial charge in [-0.15, -0.1) is 0 Å². The lowest BCUT2D eigenvalue weighted by Gasteiger charge is -2.13. The van der Waals surface area contributed by atoms with Gasteiger partial charge in [0.2, 0.25) is 0 Å². The summed E-state index contributed by atoms with van der Waals surface area (Å²) in [4.78, 5) is 18.4. The van der Waals surface area contributed by atoms with Gasteiger partial charge in [-0.05, 0) is 38.5 Å². The number of ether oxygens (including phenoxy) is 1. The van der Waals surface area contributed by atoms with E-state index in [0.717, 1.165) is 11.1 Å². The number of amides is 1. The first kappa shape index (κ1) is 23.0. The third kappa shape index (κ3) is 4.51.